The predicted molar refractivity (Wildman–Crippen MR) is 62.1 cm³/mol. The van der Waals surface area contributed by atoms with Crippen molar-refractivity contribution in [3.05, 3.63) is 0 Å². The zero-order valence-corrected chi connectivity index (χ0v) is 9.95. The van der Waals surface area contributed by atoms with Crippen molar-refractivity contribution in [1.29, 1.82) is 0 Å². The van der Waals surface area contributed by atoms with Gasteiger partial charge in [0, 0.05) is 12.8 Å². The molecule has 0 aromatic heterocycles. The van der Waals surface area contributed by atoms with Crippen LogP contribution < -0.4 is 0 Å². The van der Waals surface area contributed by atoms with E-state index >= 15 is 0 Å². The average Bonchev–Trinajstić information content (AvgIpc) is 2.79. The quantitative estimate of drug-likeness (QED) is 0.363. The van der Waals surface area contributed by atoms with Crippen LogP contribution in [0.2, 0.25) is 0 Å². The Labute approximate surface area is 97.5 Å². The summed E-state index contributed by atoms with van der Waals surface area (Å²) in [6.07, 6.45) is 9.72. The zero-order chi connectivity index (χ0) is 11.6. The number of carbonyl (C=O) groups excluding carboxylic acids is 2. The third-order valence-corrected chi connectivity index (χ3v) is 3.16. The first-order chi connectivity index (χ1) is 7.83. The van der Waals surface area contributed by atoms with E-state index < -0.39 is 0 Å². The molecule has 0 aromatic rings. The Morgan fingerprint density at radius 2 is 1.94 bits per heavy atom. The molecule has 0 spiro atoms. The Morgan fingerprint density at radius 3 is 2.62 bits per heavy atom. The molecule has 0 bridgehead atoms. The van der Waals surface area contributed by atoms with Crippen LogP contribution >= 0.6 is 0 Å². The third kappa shape index (κ3) is 5.89. The number of rotatable bonds is 8. The van der Waals surface area contributed by atoms with Crippen LogP contribution in [0.4, 0.5) is 0 Å². The lowest BCUT2D eigenvalue weighted by Crippen LogP contribution is -2.11. The fourth-order valence-electron chi connectivity index (χ4n) is 2.13. The highest BCUT2D eigenvalue weighted by Gasteiger charge is 2.16. The number of aldehydes is 1. The van der Waals surface area contributed by atoms with Gasteiger partial charge in [-0.15, -0.1) is 0 Å². The van der Waals surface area contributed by atoms with Gasteiger partial charge < -0.3 is 9.53 Å². The summed E-state index contributed by atoms with van der Waals surface area (Å²) in [6, 6.07) is 0. The molecule has 3 nitrogen and oxygen atoms in total. The highest BCUT2D eigenvalue weighted by atomic mass is 16.5. The Balaban J connectivity index is 1.91. The molecule has 0 saturated heterocycles. The molecule has 92 valence electrons. The van der Waals surface area contributed by atoms with E-state index in [1.54, 1.807) is 0 Å². The molecule has 0 radical (unpaired) electrons. The molecule has 0 N–H and O–H groups in total. The Hall–Kier alpha value is -0.860. The van der Waals surface area contributed by atoms with Gasteiger partial charge in [-0.05, 0) is 31.6 Å². The molecule has 1 aliphatic rings. The van der Waals surface area contributed by atoms with E-state index in [0.29, 0.717) is 25.4 Å². The van der Waals surface area contributed by atoms with Gasteiger partial charge in [0.15, 0.2) is 0 Å². The van der Waals surface area contributed by atoms with Gasteiger partial charge in [0.05, 0.1) is 6.61 Å². The van der Waals surface area contributed by atoms with Gasteiger partial charge in [-0.2, -0.15) is 0 Å². The second-order valence-electron chi connectivity index (χ2n) is 4.60. The minimum Gasteiger partial charge on any atom is -0.465 e. The van der Waals surface area contributed by atoms with Crippen LogP contribution in [0.3, 0.4) is 0 Å². The fraction of sp³-hybridized carbons (Fsp3) is 0.846. The van der Waals surface area contributed by atoms with E-state index in [4.69, 9.17) is 4.74 Å². The molecular weight excluding hydrogens is 204 g/mol. The summed E-state index contributed by atoms with van der Waals surface area (Å²) in [7, 11) is 0. The summed E-state index contributed by atoms with van der Waals surface area (Å²) < 4.78 is 5.22. The number of ether oxygens (including phenoxy) is 1. The van der Waals surface area contributed by atoms with Crippen LogP contribution in [0.5, 0.6) is 0 Å². The largest absolute Gasteiger partial charge is 0.465 e. The van der Waals surface area contributed by atoms with Gasteiger partial charge in [0.2, 0.25) is 0 Å². The Kier molecular flexibility index (Phi) is 6.86. The number of hydrogen-bond acceptors (Lipinski definition) is 3. The van der Waals surface area contributed by atoms with Gasteiger partial charge in [0.1, 0.15) is 6.29 Å². The smallest absolute Gasteiger partial charge is 0.305 e. The maximum absolute atomic E-state index is 11.3. The zero-order valence-electron chi connectivity index (χ0n) is 9.95. The molecule has 1 saturated carbocycles. The Bertz CT molecular complexity index is 207. The summed E-state index contributed by atoms with van der Waals surface area (Å²) in [6.45, 7) is 0.618. The van der Waals surface area contributed by atoms with Gasteiger partial charge in [-0.25, -0.2) is 0 Å². The number of esters is 1. The first-order valence-corrected chi connectivity index (χ1v) is 6.42. The van der Waals surface area contributed by atoms with Gasteiger partial charge in [0.25, 0.3) is 0 Å². The topological polar surface area (TPSA) is 43.4 Å². The lowest BCUT2D eigenvalue weighted by Gasteiger charge is -2.09. The molecule has 1 rings (SSSR count). The van der Waals surface area contributed by atoms with Crippen molar-refractivity contribution < 1.29 is 14.3 Å². The summed E-state index contributed by atoms with van der Waals surface area (Å²) in [5.41, 5.74) is 0. The molecule has 0 heterocycles. The SMILES string of the molecule is O=CCCCCCC(=O)OCC1CCCC1. The second-order valence-corrected chi connectivity index (χ2v) is 4.60. The Morgan fingerprint density at radius 1 is 1.19 bits per heavy atom. The second kappa shape index (κ2) is 8.31. The number of unbranched alkanes of at least 4 members (excludes halogenated alkanes) is 3. The van der Waals surface area contributed by atoms with Gasteiger partial charge in [-0.1, -0.05) is 19.3 Å². The molecular formula is C13H22O3. The minimum absolute atomic E-state index is 0.0713. The van der Waals surface area contributed by atoms with E-state index in [1.165, 1.54) is 25.7 Å². The summed E-state index contributed by atoms with van der Waals surface area (Å²) in [5.74, 6) is 0.539. The van der Waals surface area contributed by atoms with Crippen LogP contribution in [-0.2, 0) is 14.3 Å². The highest BCUT2D eigenvalue weighted by Crippen LogP contribution is 2.24. The molecule has 3 heteroatoms. The maximum Gasteiger partial charge on any atom is 0.305 e. The first kappa shape index (κ1) is 13.2. The highest BCUT2D eigenvalue weighted by molar-refractivity contribution is 5.69. The molecule has 0 amide bonds. The van der Waals surface area contributed by atoms with E-state index in [-0.39, 0.29) is 5.97 Å². The normalized spacial score (nSPS) is 16.2. The lowest BCUT2D eigenvalue weighted by molar-refractivity contribution is -0.145. The molecule has 0 aromatic carbocycles. The minimum atomic E-state index is -0.0713. The maximum atomic E-state index is 11.3. The van der Waals surface area contributed by atoms with E-state index in [0.717, 1.165) is 25.5 Å². The number of hydrogen-bond donors (Lipinski definition) is 0. The predicted octanol–water partition coefficient (Wildman–Crippen LogP) is 2.87. The monoisotopic (exact) mass is 226 g/mol. The average molecular weight is 226 g/mol. The summed E-state index contributed by atoms with van der Waals surface area (Å²) >= 11 is 0. The van der Waals surface area contributed by atoms with E-state index in [1.807, 2.05) is 0 Å². The first-order valence-electron chi connectivity index (χ1n) is 6.42. The molecule has 16 heavy (non-hydrogen) atoms. The van der Waals surface area contributed by atoms with Crippen molar-refractivity contribution in [1.82, 2.24) is 0 Å². The number of carbonyl (C=O) groups is 2. The van der Waals surface area contributed by atoms with Crippen LogP contribution in [0.25, 0.3) is 0 Å². The third-order valence-electron chi connectivity index (χ3n) is 3.16. The summed E-state index contributed by atoms with van der Waals surface area (Å²) in [5, 5.41) is 0. The van der Waals surface area contributed by atoms with E-state index in [2.05, 4.69) is 0 Å². The van der Waals surface area contributed by atoms with Crippen LogP contribution in [-0.4, -0.2) is 18.9 Å². The summed E-state index contributed by atoms with van der Waals surface area (Å²) in [4.78, 5) is 21.4. The van der Waals surface area contributed by atoms with Crippen molar-refractivity contribution in [3.8, 4) is 0 Å². The lowest BCUT2D eigenvalue weighted by atomic mass is 10.1. The molecule has 0 atom stereocenters. The molecule has 0 aliphatic heterocycles. The standard InChI is InChI=1S/C13H22O3/c14-10-6-2-1-3-9-13(15)16-11-12-7-4-5-8-12/h10,12H,1-9,11H2. The van der Waals surface area contributed by atoms with Gasteiger partial charge in [-0.3, -0.25) is 4.79 Å². The van der Waals surface area contributed by atoms with Crippen LogP contribution in [0.1, 0.15) is 57.8 Å². The molecule has 0 unspecified atom stereocenters. The van der Waals surface area contributed by atoms with Crippen LogP contribution in [0.15, 0.2) is 0 Å². The fourth-order valence-corrected chi connectivity index (χ4v) is 2.13. The van der Waals surface area contributed by atoms with Crippen molar-refractivity contribution in [2.45, 2.75) is 57.8 Å². The van der Waals surface area contributed by atoms with Crippen molar-refractivity contribution in [2.24, 2.45) is 5.92 Å². The molecule has 1 aliphatic carbocycles. The van der Waals surface area contributed by atoms with E-state index in [9.17, 15) is 9.59 Å². The van der Waals surface area contributed by atoms with Crippen molar-refractivity contribution in [2.75, 3.05) is 6.61 Å². The molecule has 1 fully saturated rings. The van der Waals surface area contributed by atoms with Crippen LogP contribution in [0, 0.1) is 5.92 Å². The van der Waals surface area contributed by atoms with Gasteiger partial charge >= 0.3 is 5.97 Å². The van der Waals surface area contributed by atoms with Crippen molar-refractivity contribution in [3.63, 3.8) is 0 Å². The van der Waals surface area contributed by atoms with Crippen molar-refractivity contribution >= 4 is 12.3 Å².